The van der Waals surface area contributed by atoms with Crippen molar-refractivity contribution in [3.63, 3.8) is 0 Å². The number of hydrogen-bond donors (Lipinski definition) is 1. The van der Waals surface area contributed by atoms with E-state index in [1.165, 1.54) is 38.6 Å². The molecule has 0 saturated carbocycles. The first-order valence-corrected chi connectivity index (χ1v) is 7.52. The Bertz CT molecular complexity index is 207. The topological polar surface area (TPSA) is 24.5 Å². The van der Waals surface area contributed by atoms with Gasteiger partial charge in [-0.15, -0.1) is 0 Å². The normalized spacial score (nSPS) is 20.8. The first-order chi connectivity index (χ1) is 8.49. The van der Waals surface area contributed by atoms with Crippen LogP contribution >= 0.6 is 0 Å². The standard InChI is InChI=1S/C15H32N2O/c1-15(2,3)16-10-7-5-6-8-11-17(4)14-9-12-18-13-14/h14,16H,5-13H2,1-4H3. The molecule has 0 bridgehead atoms. The van der Waals surface area contributed by atoms with Gasteiger partial charge in [-0.3, -0.25) is 0 Å². The lowest BCUT2D eigenvalue weighted by Gasteiger charge is -2.22. The predicted octanol–water partition coefficient (Wildman–Crippen LogP) is 2.66. The lowest BCUT2D eigenvalue weighted by molar-refractivity contribution is 0.158. The van der Waals surface area contributed by atoms with Gasteiger partial charge in [-0.2, -0.15) is 0 Å². The summed E-state index contributed by atoms with van der Waals surface area (Å²) in [5, 5.41) is 3.54. The van der Waals surface area contributed by atoms with Crippen LogP contribution in [0.3, 0.4) is 0 Å². The number of nitrogens with one attached hydrogen (secondary N) is 1. The highest BCUT2D eigenvalue weighted by Gasteiger charge is 2.19. The lowest BCUT2D eigenvalue weighted by Crippen LogP contribution is -2.36. The van der Waals surface area contributed by atoms with Crippen molar-refractivity contribution in [3.05, 3.63) is 0 Å². The second-order valence-corrected chi connectivity index (χ2v) is 6.59. The Morgan fingerprint density at radius 3 is 2.50 bits per heavy atom. The van der Waals surface area contributed by atoms with Crippen molar-refractivity contribution in [2.45, 2.75) is 64.5 Å². The number of rotatable bonds is 8. The summed E-state index contributed by atoms with van der Waals surface area (Å²) in [5.74, 6) is 0. The van der Waals surface area contributed by atoms with Crippen LogP contribution < -0.4 is 5.32 Å². The molecule has 1 rings (SSSR count). The average molecular weight is 256 g/mol. The Labute approximate surface area is 113 Å². The number of hydrogen-bond acceptors (Lipinski definition) is 3. The van der Waals surface area contributed by atoms with E-state index < -0.39 is 0 Å². The van der Waals surface area contributed by atoms with E-state index in [0.717, 1.165) is 19.8 Å². The minimum Gasteiger partial charge on any atom is -0.380 e. The first kappa shape index (κ1) is 15.9. The molecular formula is C15H32N2O. The van der Waals surface area contributed by atoms with Crippen molar-refractivity contribution >= 4 is 0 Å². The molecule has 1 aliphatic rings. The van der Waals surface area contributed by atoms with E-state index in [1.807, 2.05) is 0 Å². The zero-order chi connectivity index (χ0) is 13.4. The second-order valence-electron chi connectivity index (χ2n) is 6.59. The molecule has 1 N–H and O–H groups in total. The monoisotopic (exact) mass is 256 g/mol. The third-order valence-corrected chi connectivity index (χ3v) is 3.62. The minimum absolute atomic E-state index is 0.267. The fraction of sp³-hybridized carbons (Fsp3) is 1.00. The molecule has 0 aromatic rings. The molecule has 0 radical (unpaired) electrons. The molecular weight excluding hydrogens is 224 g/mol. The number of ether oxygens (including phenoxy) is 1. The maximum absolute atomic E-state index is 5.42. The summed E-state index contributed by atoms with van der Waals surface area (Å²) in [6.45, 7) is 10.9. The van der Waals surface area contributed by atoms with Crippen molar-refractivity contribution in [2.75, 3.05) is 33.4 Å². The molecule has 0 spiro atoms. The third-order valence-electron chi connectivity index (χ3n) is 3.62. The van der Waals surface area contributed by atoms with E-state index in [0.29, 0.717) is 6.04 Å². The summed E-state index contributed by atoms with van der Waals surface area (Å²) in [5.41, 5.74) is 0.267. The summed E-state index contributed by atoms with van der Waals surface area (Å²) in [7, 11) is 2.24. The van der Waals surface area contributed by atoms with Crippen LogP contribution in [0.4, 0.5) is 0 Å². The molecule has 1 saturated heterocycles. The number of likely N-dealkylation sites (N-methyl/N-ethyl adjacent to an activating group) is 1. The molecule has 1 heterocycles. The van der Waals surface area contributed by atoms with Crippen molar-refractivity contribution in [2.24, 2.45) is 0 Å². The molecule has 18 heavy (non-hydrogen) atoms. The van der Waals surface area contributed by atoms with E-state index >= 15 is 0 Å². The highest BCUT2D eigenvalue weighted by atomic mass is 16.5. The Hall–Kier alpha value is -0.120. The van der Waals surface area contributed by atoms with Crippen LogP contribution in [0.15, 0.2) is 0 Å². The quantitative estimate of drug-likeness (QED) is 0.676. The highest BCUT2D eigenvalue weighted by Crippen LogP contribution is 2.11. The predicted molar refractivity (Wildman–Crippen MR) is 78.1 cm³/mol. The van der Waals surface area contributed by atoms with Gasteiger partial charge in [0.15, 0.2) is 0 Å². The van der Waals surface area contributed by atoms with Gasteiger partial charge in [-0.25, -0.2) is 0 Å². The number of unbranched alkanes of at least 4 members (excludes halogenated alkanes) is 3. The molecule has 3 heteroatoms. The van der Waals surface area contributed by atoms with Crippen LogP contribution in [0.2, 0.25) is 0 Å². The molecule has 1 aliphatic heterocycles. The zero-order valence-electron chi connectivity index (χ0n) is 12.8. The fourth-order valence-corrected chi connectivity index (χ4v) is 2.36. The van der Waals surface area contributed by atoms with Crippen molar-refractivity contribution in [1.82, 2.24) is 10.2 Å². The lowest BCUT2D eigenvalue weighted by atomic mass is 10.1. The van der Waals surface area contributed by atoms with E-state index in [9.17, 15) is 0 Å². The van der Waals surface area contributed by atoms with Gasteiger partial charge < -0.3 is 15.0 Å². The van der Waals surface area contributed by atoms with Gasteiger partial charge >= 0.3 is 0 Å². The Balaban J connectivity index is 1.89. The van der Waals surface area contributed by atoms with Crippen LogP contribution in [0, 0.1) is 0 Å². The summed E-state index contributed by atoms with van der Waals surface area (Å²) >= 11 is 0. The molecule has 0 aliphatic carbocycles. The minimum atomic E-state index is 0.267. The molecule has 0 aromatic heterocycles. The smallest absolute Gasteiger partial charge is 0.0622 e. The van der Waals surface area contributed by atoms with Crippen molar-refractivity contribution in [3.8, 4) is 0 Å². The first-order valence-electron chi connectivity index (χ1n) is 7.52. The molecule has 1 unspecified atom stereocenters. The molecule has 0 aromatic carbocycles. The van der Waals surface area contributed by atoms with Crippen LogP contribution in [0.25, 0.3) is 0 Å². The largest absolute Gasteiger partial charge is 0.380 e. The van der Waals surface area contributed by atoms with Gasteiger partial charge in [0.05, 0.1) is 6.61 Å². The van der Waals surface area contributed by atoms with Crippen LogP contribution in [0.5, 0.6) is 0 Å². The van der Waals surface area contributed by atoms with E-state index in [1.54, 1.807) is 0 Å². The third kappa shape index (κ3) is 7.34. The molecule has 3 nitrogen and oxygen atoms in total. The molecule has 0 amide bonds. The van der Waals surface area contributed by atoms with Gasteiger partial charge in [-0.1, -0.05) is 12.8 Å². The SMILES string of the molecule is CN(CCCCCCNC(C)(C)C)C1CCOC1. The molecule has 108 valence electrons. The van der Waals surface area contributed by atoms with Gasteiger partial charge in [-0.05, 0) is 60.2 Å². The summed E-state index contributed by atoms with van der Waals surface area (Å²) < 4.78 is 5.42. The molecule has 1 atom stereocenters. The zero-order valence-corrected chi connectivity index (χ0v) is 12.8. The molecule has 1 fully saturated rings. The van der Waals surface area contributed by atoms with Gasteiger partial charge in [0.25, 0.3) is 0 Å². The van der Waals surface area contributed by atoms with E-state index in [4.69, 9.17) is 4.74 Å². The summed E-state index contributed by atoms with van der Waals surface area (Å²) in [6, 6.07) is 0.674. The van der Waals surface area contributed by atoms with Crippen LogP contribution in [-0.2, 0) is 4.74 Å². The van der Waals surface area contributed by atoms with Gasteiger partial charge in [0, 0.05) is 18.2 Å². The van der Waals surface area contributed by atoms with Gasteiger partial charge in [0.1, 0.15) is 0 Å². The summed E-state index contributed by atoms with van der Waals surface area (Å²) in [4.78, 5) is 2.47. The summed E-state index contributed by atoms with van der Waals surface area (Å²) in [6.07, 6.45) is 6.53. The Morgan fingerprint density at radius 2 is 1.89 bits per heavy atom. The van der Waals surface area contributed by atoms with Crippen LogP contribution in [0.1, 0.15) is 52.9 Å². The second kappa shape index (κ2) is 8.13. The van der Waals surface area contributed by atoms with E-state index in [-0.39, 0.29) is 5.54 Å². The van der Waals surface area contributed by atoms with Crippen LogP contribution in [-0.4, -0.2) is 49.8 Å². The van der Waals surface area contributed by atoms with Gasteiger partial charge in [0.2, 0.25) is 0 Å². The van der Waals surface area contributed by atoms with Crippen molar-refractivity contribution < 1.29 is 4.74 Å². The maximum atomic E-state index is 5.42. The van der Waals surface area contributed by atoms with Crippen molar-refractivity contribution in [1.29, 1.82) is 0 Å². The Kier molecular flexibility index (Phi) is 7.20. The Morgan fingerprint density at radius 1 is 1.17 bits per heavy atom. The average Bonchev–Trinajstić information content (AvgIpc) is 2.79. The van der Waals surface area contributed by atoms with E-state index in [2.05, 4.69) is 38.0 Å². The maximum Gasteiger partial charge on any atom is 0.0622 e. The number of nitrogens with zero attached hydrogens (tertiary/aromatic N) is 1. The fourth-order valence-electron chi connectivity index (χ4n) is 2.36. The highest BCUT2D eigenvalue weighted by molar-refractivity contribution is 4.73.